The molecule has 27 nitrogen and oxygen atoms in total. The van der Waals surface area contributed by atoms with Gasteiger partial charge >= 0.3 is 54.2 Å². The molecule has 2 heterocycles. The maximum Gasteiger partial charge on any atom is 0.373 e. The summed E-state index contributed by atoms with van der Waals surface area (Å²) in [6, 6.07) is -1.08. The molecular weight excluding hydrogens is 908 g/mol. The number of hydrogen-bond donors (Lipinski definition) is 10. The first kappa shape index (κ1) is 58.1. The van der Waals surface area contributed by atoms with E-state index in [2.05, 4.69) is 41.1 Å². The Labute approximate surface area is 355 Å². The van der Waals surface area contributed by atoms with Crippen LogP contribution in [0, 0.1) is 35.2 Å². The van der Waals surface area contributed by atoms with Crippen molar-refractivity contribution < 1.29 is 109 Å². The van der Waals surface area contributed by atoms with Gasteiger partial charge in [0, 0.05) is 32.2 Å². The van der Waals surface area contributed by atoms with Crippen LogP contribution in [0.25, 0.3) is 0 Å². The number of urea groups is 2. The number of carbonyl (C=O) groups excluding carboxylic acids is 8. The molecule has 0 saturated heterocycles. The van der Waals surface area contributed by atoms with E-state index in [1.54, 1.807) is 0 Å². The van der Waals surface area contributed by atoms with Gasteiger partial charge in [0.25, 0.3) is 5.91 Å². The number of amides is 5. The molecule has 0 aliphatic rings. The molecule has 3 rings (SSSR count). The van der Waals surface area contributed by atoms with E-state index in [0.717, 1.165) is 24.3 Å². The van der Waals surface area contributed by atoms with Gasteiger partial charge in [0.1, 0.15) is 12.1 Å². The zero-order valence-corrected chi connectivity index (χ0v) is 32.0. The predicted molar refractivity (Wildman–Crippen MR) is 187 cm³/mol. The lowest BCUT2D eigenvalue weighted by Gasteiger charge is -2.13. The van der Waals surface area contributed by atoms with Crippen LogP contribution in [0.2, 0.25) is 0 Å². The quantitative estimate of drug-likeness (QED) is 0.0243. The summed E-state index contributed by atoms with van der Waals surface area (Å²) in [5, 5.41) is 57.4. The van der Waals surface area contributed by atoms with Gasteiger partial charge < -0.3 is 57.5 Å². The zero-order valence-electron chi connectivity index (χ0n) is 32.0. The fraction of sp³-hybridized carbons (Fsp3) is 0.250. The van der Waals surface area contributed by atoms with Gasteiger partial charge in [-0.3, -0.25) is 14.4 Å². The summed E-state index contributed by atoms with van der Waals surface area (Å²) in [6.07, 6.45) is -0.950. The molecule has 33 heteroatoms. The third-order valence-corrected chi connectivity index (χ3v) is 6.06. The molecule has 65 heavy (non-hydrogen) atoms. The molecule has 2 aromatic heterocycles. The first-order valence-electron chi connectivity index (χ1n) is 16.5. The molecule has 1 aromatic carbocycles. The average molecular weight is 939 g/mol. The molecule has 11 N–H and O–H groups in total. The molecule has 3 aromatic rings. The number of hydrogen-bond acceptors (Lipinski definition) is 18. The number of esters is 1. The normalized spacial score (nSPS) is 10.3. The molecule has 0 unspecified atom stereocenters. The highest BCUT2D eigenvalue weighted by atomic mass is 19.2. The second-order valence-electron chi connectivity index (χ2n) is 10.7. The number of aliphatic carboxylic acids is 4. The Morgan fingerprint density at radius 2 is 0.985 bits per heavy atom. The topological polar surface area (TPSA) is 433 Å². The lowest BCUT2D eigenvalue weighted by Crippen LogP contribution is -2.48. The van der Waals surface area contributed by atoms with Crippen LogP contribution >= 0.6 is 0 Å². The Hall–Kier alpha value is -8.96. The minimum Gasteiger partial charge on any atom is -0.481 e. The van der Waals surface area contributed by atoms with E-state index in [1.807, 2.05) is 10.6 Å². The summed E-state index contributed by atoms with van der Waals surface area (Å²) in [5.41, 5.74) is 4.38. The Morgan fingerprint density at radius 1 is 0.600 bits per heavy atom. The van der Waals surface area contributed by atoms with Crippen molar-refractivity contribution in [2.45, 2.75) is 24.9 Å². The Kier molecular flexibility index (Phi) is 28.5. The maximum absolute atomic E-state index is 13.2. The van der Waals surface area contributed by atoms with Gasteiger partial charge in [-0.1, -0.05) is 0 Å². The second-order valence-corrected chi connectivity index (χ2v) is 10.7. The summed E-state index contributed by atoms with van der Waals surface area (Å²) in [6.45, 7) is 0.308. The zero-order chi connectivity index (χ0) is 50.2. The number of nitrogens with two attached hydrogens (primary N) is 1. The van der Waals surface area contributed by atoms with E-state index in [0.29, 0.717) is 0 Å². The van der Waals surface area contributed by atoms with Crippen LogP contribution in [-0.4, -0.2) is 139 Å². The molecule has 352 valence electrons. The summed E-state index contributed by atoms with van der Waals surface area (Å²) < 4.78 is 81.4. The van der Waals surface area contributed by atoms with Crippen molar-refractivity contribution in [2.75, 3.05) is 26.2 Å². The van der Waals surface area contributed by atoms with Crippen molar-refractivity contribution in [1.82, 2.24) is 47.0 Å². The molecular formula is C32H30F6N10O17. The van der Waals surface area contributed by atoms with Crippen molar-refractivity contribution in [3.05, 3.63) is 76.9 Å². The Bertz CT molecular complexity index is 2140. The number of aromatic nitrogens is 4. The van der Waals surface area contributed by atoms with Crippen LogP contribution in [0.5, 0.6) is 5.75 Å². The molecule has 0 aliphatic carbocycles. The van der Waals surface area contributed by atoms with E-state index < -0.39 is 119 Å². The van der Waals surface area contributed by atoms with Gasteiger partial charge in [-0.25, -0.2) is 32.8 Å². The van der Waals surface area contributed by atoms with E-state index >= 15 is 0 Å². The highest BCUT2D eigenvalue weighted by molar-refractivity contribution is 5.92. The van der Waals surface area contributed by atoms with E-state index in [9.17, 15) is 64.7 Å². The fourth-order valence-corrected chi connectivity index (χ4v) is 3.44. The van der Waals surface area contributed by atoms with Gasteiger partial charge in [0.15, 0.2) is 23.0 Å². The predicted octanol–water partition coefficient (Wildman–Crippen LogP) is -2.03. The first-order chi connectivity index (χ1) is 30.5. The van der Waals surface area contributed by atoms with Crippen LogP contribution in [-0.2, 0) is 38.4 Å². The molecule has 0 fully saturated rings. The molecule has 0 spiro atoms. The Balaban J connectivity index is 0. The standard InChI is InChI=1S/C12H14FN5O6.C11H3F5N2O2.C7H13N3O5.2CO2/c13-8-2-1-6(17-18-8)10(21)14-3-4-15-12(24)16-7(11(22)23)5-9(19)20;12-4-3-5(13)9(16)10(8(4)15)20-11(19)6-1-2-7(14)18-17-6;8-1-2-9-7(15)10-4(6(13)14)3-5(11)12;2*2-1-3/h1-2,7H,3-5H2,(H,14,21)(H,19,20)(H,22,23)(H2,15,16,24);1-3H;4H,1-3,8H2,(H,11,12)(H,13,14)(H2,9,10,15);;/t7-;;4-;;/m0.0../s1/i13-1;14-1;;;. The minimum absolute atomic E-state index is 0.0258. The van der Waals surface area contributed by atoms with Crippen LogP contribution in [0.1, 0.15) is 33.8 Å². The van der Waals surface area contributed by atoms with Crippen LogP contribution in [0.4, 0.5) is 35.9 Å². The maximum atomic E-state index is 13.2. The number of rotatable bonds is 16. The van der Waals surface area contributed by atoms with E-state index in [4.69, 9.17) is 45.3 Å². The highest BCUT2D eigenvalue weighted by Crippen LogP contribution is 2.27. The summed E-state index contributed by atoms with van der Waals surface area (Å²) in [4.78, 5) is 120. The molecule has 0 aliphatic heterocycles. The number of halogens is 6. The van der Waals surface area contributed by atoms with Crippen LogP contribution < -0.4 is 37.1 Å². The number of carboxylic acid groups (broad SMARTS) is 4. The molecule has 0 saturated carbocycles. The molecule has 5 amide bonds. The minimum atomic E-state index is -1.88. The lowest BCUT2D eigenvalue weighted by atomic mass is 10.2. The number of carbonyl (C=O) groups is 8. The molecule has 0 bridgehead atoms. The summed E-state index contributed by atoms with van der Waals surface area (Å²) in [7, 11) is 0. The van der Waals surface area contributed by atoms with E-state index in [1.165, 1.54) is 0 Å². The third-order valence-electron chi connectivity index (χ3n) is 6.06. The van der Waals surface area contributed by atoms with Gasteiger partial charge in [-0.15, -0.1) is 20.4 Å². The van der Waals surface area contributed by atoms with Crippen molar-refractivity contribution >= 4 is 60.1 Å². The first-order valence-corrected chi connectivity index (χ1v) is 16.5. The van der Waals surface area contributed by atoms with Crippen molar-refractivity contribution in [1.29, 1.82) is 0 Å². The largest absolute Gasteiger partial charge is 0.481 e. The number of benzene rings is 1. The average Bonchev–Trinajstić information content (AvgIpc) is 3.23. The molecule has 2 atom stereocenters. The summed E-state index contributed by atoms with van der Waals surface area (Å²) >= 11 is 0. The van der Waals surface area contributed by atoms with Crippen LogP contribution in [0.15, 0.2) is 30.3 Å². The Morgan fingerprint density at radius 3 is 1.34 bits per heavy atom. The van der Waals surface area contributed by atoms with Gasteiger partial charge in [0.05, 0.1) is 12.8 Å². The number of nitrogens with one attached hydrogen (secondary N) is 5. The smallest absolute Gasteiger partial charge is 0.373 e. The van der Waals surface area contributed by atoms with Gasteiger partial charge in [0.2, 0.25) is 29.3 Å². The van der Waals surface area contributed by atoms with Crippen LogP contribution in [0.3, 0.4) is 0 Å². The van der Waals surface area contributed by atoms with Gasteiger partial charge in [-0.2, -0.15) is 36.7 Å². The molecule has 0 radical (unpaired) electrons. The monoisotopic (exact) mass is 938 g/mol. The highest BCUT2D eigenvalue weighted by Gasteiger charge is 2.25. The lowest BCUT2D eigenvalue weighted by molar-refractivity contribution is -0.193. The second kappa shape index (κ2) is 31.8. The van der Waals surface area contributed by atoms with Crippen molar-refractivity contribution in [3.63, 3.8) is 0 Å². The fourth-order valence-electron chi connectivity index (χ4n) is 3.44. The number of carboxylic acids is 4. The SMILES string of the molecule is NCCNC(=O)N[C@@H](CC(=O)O)C(=O)O.O=C(O)C[C@H](NC(=O)NCCNC(=O)c1ccc([18F])nn1)C(=O)O.O=C(Oc1c(F)c(F)cc(F)c1F)c1ccc([18F])nn1.O=C=O.O=C=O. The number of nitrogens with zero attached hydrogens (tertiary/aromatic N) is 4. The van der Waals surface area contributed by atoms with Crippen molar-refractivity contribution in [2.24, 2.45) is 5.73 Å². The third kappa shape index (κ3) is 25.4. The van der Waals surface area contributed by atoms with Crippen molar-refractivity contribution in [3.8, 4) is 5.75 Å². The van der Waals surface area contributed by atoms with Gasteiger partial charge in [-0.05, 0) is 24.3 Å². The summed E-state index contributed by atoms with van der Waals surface area (Å²) in [5.74, 6) is -18.3. The number of ether oxygens (including phenoxy) is 1. The van der Waals surface area contributed by atoms with E-state index in [-0.39, 0.29) is 50.2 Å².